The van der Waals surface area contributed by atoms with Crippen LogP contribution in [0.15, 0.2) is 82.9 Å². The first kappa shape index (κ1) is 31.4. The van der Waals surface area contributed by atoms with Crippen molar-refractivity contribution < 1.29 is 31.9 Å². The van der Waals surface area contributed by atoms with Crippen molar-refractivity contribution in [3.05, 3.63) is 117 Å². The molecule has 1 aliphatic rings. The predicted octanol–water partition coefficient (Wildman–Crippen LogP) is 5.62. The molecule has 0 saturated heterocycles. The zero-order valence-electron chi connectivity index (χ0n) is 23.8. The molecule has 1 unspecified atom stereocenters. The Hall–Kier alpha value is -4.51. The molecule has 0 aliphatic heterocycles. The third-order valence-corrected chi connectivity index (χ3v) is 6.60. The Morgan fingerprint density at radius 3 is 2.33 bits per heavy atom. The first-order valence-corrected chi connectivity index (χ1v) is 13.5. The van der Waals surface area contributed by atoms with Crippen LogP contribution in [-0.4, -0.2) is 34.6 Å². The lowest BCUT2D eigenvalue weighted by atomic mass is 9.97. The van der Waals surface area contributed by atoms with E-state index in [4.69, 9.17) is 10.5 Å². The smallest absolute Gasteiger partial charge is 0.328 e. The molecule has 0 amide bonds. The maximum absolute atomic E-state index is 15.4. The second-order valence-electron chi connectivity index (χ2n) is 11.0. The molecule has 7 nitrogen and oxygen atoms in total. The molecule has 0 radical (unpaired) electrons. The van der Waals surface area contributed by atoms with Crippen LogP contribution < -0.4 is 16.6 Å². The number of benzene rings is 2. The fraction of sp³-hybridized carbons (Fsp3) is 0.281. The first-order chi connectivity index (χ1) is 20.3. The number of ketones is 1. The van der Waals surface area contributed by atoms with E-state index < -0.39 is 76.1 Å². The lowest BCUT2D eigenvalue weighted by Gasteiger charge is -2.25. The van der Waals surface area contributed by atoms with Gasteiger partial charge in [-0.1, -0.05) is 30.3 Å². The van der Waals surface area contributed by atoms with Crippen LogP contribution in [0.5, 0.6) is 0 Å². The number of rotatable bonds is 9. The van der Waals surface area contributed by atoms with Crippen molar-refractivity contribution in [2.24, 2.45) is 0 Å². The van der Waals surface area contributed by atoms with E-state index in [1.807, 2.05) is 0 Å². The number of esters is 1. The Morgan fingerprint density at radius 2 is 1.72 bits per heavy atom. The zero-order valence-corrected chi connectivity index (χ0v) is 23.8. The van der Waals surface area contributed by atoms with Gasteiger partial charge in [0, 0.05) is 19.0 Å². The summed E-state index contributed by atoms with van der Waals surface area (Å²) in [6.45, 7) is 5.37. The molecule has 11 heteroatoms. The van der Waals surface area contributed by atoms with Crippen LogP contribution in [0.2, 0.25) is 0 Å². The van der Waals surface area contributed by atoms with E-state index in [1.165, 1.54) is 0 Å². The number of pyridine rings is 1. The minimum Gasteiger partial charge on any atom is -0.459 e. The van der Waals surface area contributed by atoms with Crippen LogP contribution in [0, 0.1) is 11.6 Å². The largest absolute Gasteiger partial charge is 0.459 e. The molecule has 0 saturated carbocycles. The molecule has 0 bridgehead atoms. The molecular formula is C32H31F4N3O4. The Bertz CT molecular complexity index is 1640. The zero-order chi connectivity index (χ0) is 31.5. The van der Waals surface area contributed by atoms with Crippen LogP contribution in [0.4, 0.5) is 23.4 Å². The van der Waals surface area contributed by atoms with Gasteiger partial charge in [0.1, 0.15) is 35.1 Å². The van der Waals surface area contributed by atoms with Crippen molar-refractivity contribution in [1.82, 2.24) is 9.88 Å². The van der Waals surface area contributed by atoms with Crippen LogP contribution >= 0.6 is 0 Å². The van der Waals surface area contributed by atoms with E-state index in [1.54, 1.807) is 51.1 Å². The number of nitrogen functional groups attached to an aromatic ring is 1. The SMILES string of the molecule is CC(C)(C)OC(=O)[C@@H](NCCc1cc(F)c(-n2c(N)c(C(=O)C3=C(F)CC(F)C=C3)ccc2=O)c(F)c1)c1ccccc1. The van der Waals surface area contributed by atoms with Gasteiger partial charge in [0.2, 0.25) is 0 Å². The van der Waals surface area contributed by atoms with Gasteiger partial charge < -0.3 is 15.8 Å². The number of halogens is 4. The molecule has 226 valence electrons. The van der Waals surface area contributed by atoms with E-state index in [-0.39, 0.29) is 24.1 Å². The molecule has 3 N–H and O–H groups in total. The minimum atomic E-state index is -1.60. The molecule has 2 aromatic carbocycles. The van der Waals surface area contributed by atoms with E-state index in [0.717, 1.165) is 36.4 Å². The predicted molar refractivity (Wildman–Crippen MR) is 154 cm³/mol. The Balaban J connectivity index is 1.58. The van der Waals surface area contributed by atoms with E-state index >= 15 is 8.78 Å². The standard InChI is InChI=1S/C32H31F4N3O4/c1-32(2,3)43-31(42)27(19-7-5-4-6-8-19)38-14-13-18-15-24(35)28(25(36)16-18)39-26(40)12-11-22(30(39)37)29(41)21-10-9-20(33)17-23(21)34/h4-12,15-16,20,27,38H,13-14,17,37H2,1-3H3/t20?,27-/m0/s1. The maximum atomic E-state index is 15.4. The van der Waals surface area contributed by atoms with Crippen molar-refractivity contribution in [2.45, 2.75) is 51.4 Å². The first-order valence-electron chi connectivity index (χ1n) is 13.5. The average molecular weight is 598 g/mol. The van der Waals surface area contributed by atoms with Crippen molar-refractivity contribution in [3.63, 3.8) is 0 Å². The molecule has 3 aromatic rings. The van der Waals surface area contributed by atoms with Gasteiger partial charge in [-0.2, -0.15) is 0 Å². The van der Waals surface area contributed by atoms with Gasteiger partial charge >= 0.3 is 5.97 Å². The van der Waals surface area contributed by atoms with Gasteiger partial charge in [-0.15, -0.1) is 0 Å². The number of hydrogen-bond donors (Lipinski definition) is 2. The number of carbonyl (C=O) groups excluding carboxylic acids is 2. The molecular weight excluding hydrogens is 566 g/mol. The van der Waals surface area contributed by atoms with Gasteiger partial charge in [-0.05, 0) is 68.7 Å². The van der Waals surface area contributed by atoms with Gasteiger partial charge in [0.15, 0.2) is 17.4 Å². The van der Waals surface area contributed by atoms with Crippen LogP contribution in [0.1, 0.15) is 54.7 Å². The summed E-state index contributed by atoms with van der Waals surface area (Å²) >= 11 is 0. The Morgan fingerprint density at radius 1 is 1.07 bits per heavy atom. The Labute approximate surface area is 245 Å². The summed E-state index contributed by atoms with van der Waals surface area (Å²) in [5.41, 5.74) is 3.56. The summed E-state index contributed by atoms with van der Waals surface area (Å²) in [4.78, 5) is 38.5. The quantitative estimate of drug-likeness (QED) is 0.189. The molecule has 1 aliphatic carbocycles. The van der Waals surface area contributed by atoms with E-state index in [0.29, 0.717) is 10.1 Å². The highest BCUT2D eigenvalue weighted by molar-refractivity contribution is 6.13. The normalized spacial score (nSPS) is 15.8. The monoisotopic (exact) mass is 597 g/mol. The Kier molecular flexibility index (Phi) is 9.34. The van der Waals surface area contributed by atoms with Crippen LogP contribution in [-0.2, 0) is 16.0 Å². The number of nitrogens with two attached hydrogens (primary N) is 1. The number of allylic oxidation sites excluding steroid dienone is 4. The number of nitrogens with one attached hydrogen (secondary N) is 1. The number of Topliss-reactive ketones (excluding diaryl/α,β-unsaturated/α-hetero) is 1. The highest BCUT2D eigenvalue weighted by atomic mass is 19.1. The number of carbonyl (C=O) groups is 2. The summed E-state index contributed by atoms with van der Waals surface area (Å²) in [6.07, 6.45) is -0.166. The maximum Gasteiger partial charge on any atom is 0.328 e. The molecule has 4 rings (SSSR count). The summed E-state index contributed by atoms with van der Waals surface area (Å²) < 4.78 is 64.5. The number of aromatic nitrogens is 1. The second-order valence-corrected chi connectivity index (χ2v) is 11.0. The van der Waals surface area contributed by atoms with Crippen molar-refractivity contribution in [3.8, 4) is 5.69 Å². The molecule has 0 spiro atoms. The topological polar surface area (TPSA) is 103 Å². The number of anilines is 1. The minimum absolute atomic E-state index is 0.0957. The molecule has 43 heavy (non-hydrogen) atoms. The third kappa shape index (κ3) is 7.29. The molecule has 2 atom stereocenters. The van der Waals surface area contributed by atoms with Crippen LogP contribution in [0.25, 0.3) is 5.69 Å². The fourth-order valence-corrected chi connectivity index (χ4v) is 4.64. The average Bonchev–Trinajstić information content (AvgIpc) is 2.91. The van der Waals surface area contributed by atoms with E-state index in [2.05, 4.69) is 5.32 Å². The highest BCUT2D eigenvalue weighted by Crippen LogP contribution is 2.29. The number of nitrogens with zero attached hydrogens (tertiary/aromatic N) is 1. The lowest BCUT2D eigenvalue weighted by molar-refractivity contribution is -0.157. The van der Waals surface area contributed by atoms with Gasteiger partial charge in [0.25, 0.3) is 5.56 Å². The van der Waals surface area contributed by atoms with Crippen molar-refractivity contribution in [1.29, 1.82) is 0 Å². The highest BCUT2D eigenvalue weighted by Gasteiger charge is 2.28. The lowest BCUT2D eigenvalue weighted by Crippen LogP contribution is -2.36. The van der Waals surface area contributed by atoms with Gasteiger partial charge in [-0.3, -0.25) is 14.2 Å². The van der Waals surface area contributed by atoms with E-state index in [9.17, 15) is 23.2 Å². The van der Waals surface area contributed by atoms with Crippen LogP contribution in [0.3, 0.4) is 0 Å². The second kappa shape index (κ2) is 12.8. The summed E-state index contributed by atoms with van der Waals surface area (Å²) in [5.74, 6) is -5.36. The summed E-state index contributed by atoms with van der Waals surface area (Å²) in [7, 11) is 0. The summed E-state index contributed by atoms with van der Waals surface area (Å²) in [6, 6.07) is 11.9. The number of hydrogen-bond acceptors (Lipinski definition) is 6. The van der Waals surface area contributed by atoms with Crippen molar-refractivity contribution >= 4 is 17.6 Å². The van der Waals surface area contributed by atoms with Crippen molar-refractivity contribution in [2.75, 3.05) is 12.3 Å². The fourth-order valence-electron chi connectivity index (χ4n) is 4.64. The molecule has 0 fully saturated rings. The number of alkyl halides is 1. The number of ether oxygens (including phenoxy) is 1. The third-order valence-electron chi connectivity index (χ3n) is 6.60. The summed E-state index contributed by atoms with van der Waals surface area (Å²) in [5, 5.41) is 3.07. The van der Waals surface area contributed by atoms with Gasteiger partial charge in [-0.25, -0.2) is 22.4 Å². The molecule has 1 heterocycles. The van der Waals surface area contributed by atoms with Gasteiger partial charge in [0.05, 0.1) is 11.1 Å². The molecule has 1 aromatic heterocycles.